The first-order chi connectivity index (χ1) is 15.4. The fraction of sp³-hybridized carbons (Fsp3) is 0.571. The Labute approximate surface area is 188 Å². The zero-order chi connectivity index (χ0) is 24.4. The van der Waals surface area contributed by atoms with Crippen molar-refractivity contribution in [2.75, 3.05) is 51.2 Å². The molecule has 0 aliphatic carbocycles. The molecule has 8 nitrogen and oxygen atoms in total. The van der Waals surface area contributed by atoms with Crippen molar-refractivity contribution in [3.05, 3.63) is 30.1 Å². The van der Waals surface area contributed by atoms with Gasteiger partial charge >= 0.3 is 18.2 Å². The third kappa shape index (κ3) is 5.55. The summed E-state index contributed by atoms with van der Waals surface area (Å²) in [5, 5.41) is 7.12. The van der Waals surface area contributed by atoms with Gasteiger partial charge in [-0.05, 0) is 44.5 Å². The summed E-state index contributed by atoms with van der Waals surface area (Å²) in [4.78, 5) is 41.8. The highest BCUT2D eigenvalue weighted by Gasteiger charge is 2.49. The Morgan fingerprint density at radius 2 is 1.70 bits per heavy atom. The molecule has 1 spiro atoms. The number of carboxylic acid groups (broad SMARTS) is 1. The molecule has 3 saturated heterocycles. The predicted molar refractivity (Wildman–Crippen MR) is 110 cm³/mol. The molecule has 3 aliphatic rings. The predicted octanol–water partition coefficient (Wildman–Crippen LogP) is 2.40. The smallest absolute Gasteiger partial charge is 0.475 e. The molecule has 0 radical (unpaired) electrons. The molecule has 1 atom stereocenters. The number of hydrogen-bond acceptors (Lipinski definition) is 4. The number of carbonyl (C=O) groups is 3. The van der Waals surface area contributed by atoms with Gasteiger partial charge in [-0.1, -0.05) is 6.07 Å². The van der Waals surface area contributed by atoms with E-state index >= 15 is 0 Å². The van der Waals surface area contributed by atoms with Gasteiger partial charge in [-0.25, -0.2) is 14.0 Å². The lowest BCUT2D eigenvalue weighted by Gasteiger charge is -2.46. The molecule has 3 heterocycles. The Bertz CT molecular complexity index is 906. The highest BCUT2D eigenvalue weighted by molar-refractivity contribution is 5.96. The van der Waals surface area contributed by atoms with E-state index in [1.165, 1.54) is 12.1 Å². The average Bonchev–Trinajstić information content (AvgIpc) is 3.41. The van der Waals surface area contributed by atoms with E-state index in [-0.39, 0.29) is 29.8 Å². The van der Waals surface area contributed by atoms with Crippen LogP contribution in [0.2, 0.25) is 0 Å². The Hall–Kier alpha value is -2.89. The molecule has 182 valence electrons. The molecule has 3 amide bonds. The number of likely N-dealkylation sites (N-methyl/N-ethyl adjacent to an activating group) is 1. The highest BCUT2D eigenvalue weighted by Crippen LogP contribution is 2.34. The van der Waals surface area contributed by atoms with Crippen LogP contribution in [0.1, 0.15) is 19.3 Å². The Balaban J connectivity index is 0.000000383. The maximum absolute atomic E-state index is 13.6. The quantitative estimate of drug-likeness (QED) is 0.632. The number of hydrogen-bond donors (Lipinski definition) is 1. The molecule has 1 aromatic rings. The van der Waals surface area contributed by atoms with Crippen LogP contribution in [0.25, 0.3) is 0 Å². The van der Waals surface area contributed by atoms with Gasteiger partial charge in [0, 0.05) is 38.4 Å². The number of carboxylic acids is 1. The van der Waals surface area contributed by atoms with Gasteiger partial charge < -0.3 is 19.8 Å². The monoisotopic (exact) mass is 474 g/mol. The molecule has 12 heteroatoms. The minimum absolute atomic E-state index is 0.0342. The van der Waals surface area contributed by atoms with E-state index in [0.717, 1.165) is 32.4 Å². The van der Waals surface area contributed by atoms with Crippen molar-refractivity contribution < 1.29 is 37.1 Å². The zero-order valence-electron chi connectivity index (χ0n) is 18.1. The first kappa shape index (κ1) is 24.7. The lowest BCUT2D eigenvalue weighted by Crippen LogP contribution is -2.64. The molecular weight excluding hydrogens is 448 g/mol. The lowest BCUT2D eigenvalue weighted by atomic mass is 9.92. The van der Waals surface area contributed by atoms with Crippen LogP contribution in [-0.4, -0.2) is 95.7 Å². The van der Waals surface area contributed by atoms with Crippen LogP contribution in [-0.2, 0) is 9.59 Å². The summed E-state index contributed by atoms with van der Waals surface area (Å²) < 4.78 is 45.4. The van der Waals surface area contributed by atoms with Crippen molar-refractivity contribution in [2.45, 2.75) is 31.0 Å². The van der Waals surface area contributed by atoms with Gasteiger partial charge in [0.2, 0.25) is 5.91 Å². The van der Waals surface area contributed by atoms with Crippen molar-refractivity contribution in [1.29, 1.82) is 0 Å². The van der Waals surface area contributed by atoms with Crippen molar-refractivity contribution in [2.24, 2.45) is 0 Å². The summed E-state index contributed by atoms with van der Waals surface area (Å²) in [6.07, 6.45) is -2.11. The molecule has 0 aromatic heterocycles. The first-order valence-corrected chi connectivity index (χ1v) is 10.5. The van der Waals surface area contributed by atoms with E-state index in [9.17, 15) is 27.2 Å². The molecule has 1 unspecified atom stereocenters. The van der Waals surface area contributed by atoms with Gasteiger partial charge in [0.1, 0.15) is 5.82 Å². The molecule has 0 bridgehead atoms. The second kappa shape index (κ2) is 9.54. The van der Waals surface area contributed by atoms with Gasteiger partial charge in [0.05, 0.1) is 12.1 Å². The maximum Gasteiger partial charge on any atom is 0.490 e. The SMILES string of the molecule is CN1CC(=O)N(c2cccc(F)c2)CC12CCN(C(=O)N1CCCC1)C2.O=C(O)C(F)(F)F. The summed E-state index contributed by atoms with van der Waals surface area (Å²) in [7, 11) is 1.95. The molecule has 3 aliphatic heterocycles. The number of piperazine rings is 1. The third-order valence-corrected chi connectivity index (χ3v) is 6.28. The summed E-state index contributed by atoms with van der Waals surface area (Å²) in [5.74, 6) is -3.14. The van der Waals surface area contributed by atoms with E-state index in [0.29, 0.717) is 25.3 Å². The fourth-order valence-electron chi connectivity index (χ4n) is 4.41. The molecular formula is C21H26F4N4O4. The van der Waals surface area contributed by atoms with Gasteiger partial charge in [-0.15, -0.1) is 0 Å². The van der Waals surface area contributed by atoms with Gasteiger partial charge in [0.25, 0.3) is 0 Å². The number of rotatable bonds is 1. The number of nitrogens with zero attached hydrogens (tertiary/aromatic N) is 4. The minimum atomic E-state index is -5.08. The Kier molecular flexibility index (Phi) is 7.15. The van der Waals surface area contributed by atoms with Crippen LogP contribution in [0.3, 0.4) is 0 Å². The van der Waals surface area contributed by atoms with E-state index in [4.69, 9.17) is 9.90 Å². The van der Waals surface area contributed by atoms with Gasteiger partial charge in [-0.3, -0.25) is 9.69 Å². The number of carbonyl (C=O) groups excluding carboxylic acids is 2. The number of anilines is 1. The number of likely N-dealkylation sites (tertiary alicyclic amines) is 2. The lowest BCUT2D eigenvalue weighted by molar-refractivity contribution is -0.192. The normalized spacial score (nSPS) is 23.7. The molecule has 3 fully saturated rings. The topological polar surface area (TPSA) is 84.4 Å². The Morgan fingerprint density at radius 1 is 1.06 bits per heavy atom. The second-order valence-electron chi connectivity index (χ2n) is 8.49. The van der Waals surface area contributed by atoms with Crippen molar-refractivity contribution in [1.82, 2.24) is 14.7 Å². The summed E-state index contributed by atoms with van der Waals surface area (Å²) in [6, 6.07) is 6.29. The van der Waals surface area contributed by atoms with E-state index in [2.05, 4.69) is 4.90 Å². The van der Waals surface area contributed by atoms with Crippen LogP contribution >= 0.6 is 0 Å². The van der Waals surface area contributed by atoms with E-state index in [1.807, 2.05) is 16.8 Å². The molecule has 4 rings (SSSR count). The molecule has 0 saturated carbocycles. The second-order valence-corrected chi connectivity index (χ2v) is 8.49. The third-order valence-electron chi connectivity index (χ3n) is 6.28. The molecule has 1 aromatic carbocycles. The van der Waals surface area contributed by atoms with E-state index < -0.39 is 12.1 Å². The van der Waals surface area contributed by atoms with E-state index in [1.54, 1.807) is 17.0 Å². The van der Waals surface area contributed by atoms with Gasteiger partial charge in [-0.2, -0.15) is 13.2 Å². The minimum Gasteiger partial charge on any atom is -0.475 e. The van der Waals surface area contributed by atoms with Crippen molar-refractivity contribution in [3.63, 3.8) is 0 Å². The highest BCUT2D eigenvalue weighted by atomic mass is 19.4. The molecule has 1 N–H and O–H groups in total. The standard InChI is InChI=1S/C19H25FN4O2.C2HF3O2/c1-21-12-17(25)24(16-6-4-5-15(20)11-16)14-19(21)7-10-23(13-19)18(26)22-8-2-3-9-22;3-2(4,5)1(6)7/h4-6,11H,2-3,7-10,12-14H2,1H3;(H,6,7). The number of alkyl halides is 3. The van der Waals surface area contributed by atoms with Gasteiger partial charge in [0.15, 0.2) is 0 Å². The number of urea groups is 1. The zero-order valence-corrected chi connectivity index (χ0v) is 18.1. The summed E-state index contributed by atoms with van der Waals surface area (Å²) in [5.41, 5.74) is 0.321. The first-order valence-electron chi connectivity index (χ1n) is 10.5. The van der Waals surface area contributed by atoms with Crippen molar-refractivity contribution in [3.8, 4) is 0 Å². The Morgan fingerprint density at radius 3 is 2.27 bits per heavy atom. The number of aliphatic carboxylic acids is 1. The molecule has 33 heavy (non-hydrogen) atoms. The maximum atomic E-state index is 13.6. The number of halogens is 4. The van der Waals surface area contributed by atoms with Crippen molar-refractivity contribution >= 4 is 23.6 Å². The van der Waals surface area contributed by atoms with Crippen LogP contribution in [0.5, 0.6) is 0 Å². The summed E-state index contributed by atoms with van der Waals surface area (Å²) >= 11 is 0. The fourth-order valence-corrected chi connectivity index (χ4v) is 4.41. The number of amides is 3. The van der Waals surface area contributed by atoms with Crippen LogP contribution < -0.4 is 4.90 Å². The summed E-state index contributed by atoms with van der Waals surface area (Å²) in [6.45, 7) is 3.75. The van der Waals surface area contributed by atoms with Crippen LogP contribution in [0.4, 0.5) is 28.0 Å². The average molecular weight is 474 g/mol. The van der Waals surface area contributed by atoms with Crippen LogP contribution in [0.15, 0.2) is 24.3 Å². The largest absolute Gasteiger partial charge is 0.490 e. The van der Waals surface area contributed by atoms with Crippen LogP contribution in [0, 0.1) is 5.82 Å². The number of benzene rings is 1.